The van der Waals surface area contributed by atoms with Crippen molar-refractivity contribution in [3.8, 4) is 0 Å². The zero-order valence-corrected chi connectivity index (χ0v) is 13.5. The third kappa shape index (κ3) is 2.14. The van der Waals surface area contributed by atoms with Crippen LogP contribution < -0.4 is 4.90 Å². The van der Waals surface area contributed by atoms with Gasteiger partial charge in [-0.1, -0.05) is 36.4 Å². The van der Waals surface area contributed by atoms with Crippen molar-refractivity contribution in [1.29, 1.82) is 0 Å². The van der Waals surface area contributed by atoms with Crippen molar-refractivity contribution in [3.63, 3.8) is 0 Å². The van der Waals surface area contributed by atoms with Crippen molar-refractivity contribution in [2.45, 2.75) is 25.8 Å². The molecule has 2 aliphatic rings. The van der Waals surface area contributed by atoms with Gasteiger partial charge in [0, 0.05) is 37.8 Å². The predicted molar refractivity (Wildman–Crippen MR) is 92.7 cm³/mol. The highest BCUT2D eigenvalue weighted by molar-refractivity contribution is 5.64. The topological polar surface area (TPSA) is 6.48 Å². The van der Waals surface area contributed by atoms with Crippen LogP contribution in [-0.2, 0) is 13.0 Å². The molecule has 0 aliphatic carbocycles. The van der Waals surface area contributed by atoms with Crippen LogP contribution in [0.15, 0.2) is 42.5 Å². The lowest BCUT2D eigenvalue weighted by molar-refractivity contribution is 0.294. The number of nitrogens with zero attached hydrogens (tertiary/aromatic N) is 2. The third-order valence-electron chi connectivity index (χ3n) is 5.30. The van der Waals surface area contributed by atoms with Gasteiger partial charge in [-0.05, 0) is 48.7 Å². The van der Waals surface area contributed by atoms with Crippen LogP contribution in [0.4, 0.5) is 5.69 Å². The average molecular weight is 292 g/mol. The molecular formula is C20H24N2. The molecule has 2 heteroatoms. The lowest BCUT2D eigenvalue weighted by Crippen LogP contribution is -2.31. The molecule has 2 aromatic rings. The van der Waals surface area contributed by atoms with Gasteiger partial charge in [0.15, 0.2) is 0 Å². The van der Waals surface area contributed by atoms with Crippen LogP contribution >= 0.6 is 0 Å². The first-order valence-corrected chi connectivity index (χ1v) is 8.41. The number of rotatable bonds is 2. The van der Waals surface area contributed by atoms with Gasteiger partial charge in [-0.15, -0.1) is 0 Å². The molecule has 22 heavy (non-hydrogen) atoms. The quantitative estimate of drug-likeness (QED) is 0.833. The zero-order valence-electron chi connectivity index (χ0n) is 13.5. The summed E-state index contributed by atoms with van der Waals surface area (Å²) in [6.07, 6.45) is 1.21. The van der Waals surface area contributed by atoms with Crippen molar-refractivity contribution < 1.29 is 0 Å². The molecule has 0 spiro atoms. The average Bonchev–Trinajstić information content (AvgIpc) is 2.98. The fraction of sp³-hybridized carbons (Fsp3) is 0.400. The molecule has 1 atom stereocenters. The first-order valence-electron chi connectivity index (χ1n) is 8.41. The normalized spacial score (nSPS) is 20.8. The van der Waals surface area contributed by atoms with Crippen LogP contribution in [0.2, 0.25) is 0 Å². The molecule has 0 saturated carbocycles. The molecule has 2 aromatic carbocycles. The first kappa shape index (κ1) is 13.8. The summed E-state index contributed by atoms with van der Waals surface area (Å²) in [6, 6.07) is 15.8. The lowest BCUT2D eigenvalue weighted by Gasteiger charge is -2.34. The highest BCUT2D eigenvalue weighted by Gasteiger charge is 2.30. The van der Waals surface area contributed by atoms with Gasteiger partial charge in [0.05, 0.1) is 0 Å². The molecule has 2 heterocycles. The van der Waals surface area contributed by atoms with Crippen molar-refractivity contribution >= 4 is 5.69 Å². The van der Waals surface area contributed by atoms with Crippen molar-refractivity contribution in [1.82, 2.24) is 4.90 Å². The second-order valence-corrected chi connectivity index (χ2v) is 6.62. The Morgan fingerprint density at radius 2 is 1.86 bits per heavy atom. The van der Waals surface area contributed by atoms with E-state index in [2.05, 4.69) is 66.2 Å². The SMILES string of the molecule is CCN1CCc2c1ccc1c2CN(C)CC1c1ccccc1. The highest BCUT2D eigenvalue weighted by atomic mass is 15.1. The Labute approximate surface area is 133 Å². The summed E-state index contributed by atoms with van der Waals surface area (Å²) >= 11 is 0. The van der Waals surface area contributed by atoms with E-state index in [1.54, 1.807) is 16.7 Å². The van der Waals surface area contributed by atoms with E-state index in [0.29, 0.717) is 5.92 Å². The van der Waals surface area contributed by atoms with Crippen LogP contribution in [0.3, 0.4) is 0 Å². The Morgan fingerprint density at radius 3 is 2.64 bits per heavy atom. The van der Waals surface area contributed by atoms with E-state index in [-0.39, 0.29) is 0 Å². The number of benzene rings is 2. The minimum absolute atomic E-state index is 0.510. The highest BCUT2D eigenvalue weighted by Crippen LogP contribution is 2.40. The van der Waals surface area contributed by atoms with Crippen LogP contribution in [0.1, 0.15) is 35.1 Å². The minimum atomic E-state index is 0.510. The number of anilines is 1. The van der Waals surface area contributed by atoms with Crippen LogP contribution in [0.25, 0.3) is 0 Å². The summed E-state index contributed by atoms with van der Waals surface area (Å²) in [6.45, 7) is 6.77. The number of fused-ring (bicyclic) bond motifs is 3. The van der Waals surface area contributed by atoms with Gasteiger partial charge in [-0.3, -0.25) is 0 Å². The summed E-state index contributed by atoms with van der Waals surface area (Å²) in [7, 11) is 2.25. The molecule has 2 nitrogen and oxygen atoms in total. The van der Waals surface area contributed by atoms with Gasteiger partial charge >= 0.3 is 0 Å². The van der Waals surface area contributed by atoms with Crippen molar-refractivity contribution in [2.24, 2.45) is 0 Å². The predicted octanol–water partition coefficient (Wildman–Crippen LogP) is 3.65. The van der Waals surface area contributed by atoms with E-state index in [0.717, 1.165) is 19.6 Å². The lowest BCUT2D eigenvalue weighted by atomic mass is 9.82. The van der Waals surface area contributed by atoms with Crippen LogP contribution in [0, 0.1) is 0 Å². The number of likely N-dealkylation sites (N-methyl/N-ethyl adjacent to an activating group) is 2. The molecule has 1 unspecified atom stereocenters. The summed E-state index contributed by atoms with van der Waals surface area (Å²) in [5.41, 5.74) is 7.67. The largest absolute Gasteiger partial charge is 0.371 e. The van der Waals surface area contributed by atoms with E-state index in [9.17, 15) is 0 Å². The molecular weight excluding hydrogens is 268 g/mol. The molecule has 4 rings (SSSR count). The van der Waals surface area contributed by atoms with Gasteiger partial charge in [0.2, 0.25) is 0 Å². The van der Waals surface area contributed by atoms with Gasteiger partial charge in [0.25, 0.3) is 0 Å². The Balaban J connectivity index is 1.83. The van der Waals surface area contributed by atoms with Crippen LogP contribution in [0.5, 0.6) is 0 Å². The maximum atomic E-state index is 2.52. The van der Waals surface area contributed by atoms with E-state index >= 15 is 0 Å². The summed E-state index contributed by atoms with van der Waals surface area (Å²) in [5.74, 6) is 0.510. The van der Waals surface area contributed by atoms with Gasteiger partial charge in [0.1, 0.15) is 0 Å². The molecule has 114 valence electrons. The van der Waals surface area contributed by atoms with Crippen LogP contribution in [-0.4, -0.2) is 31.6 Å². The minimum Gasteiger partial charge on any atom is -0.371 e. The fourth-order valence-corrected chi connectivity index (χ4v) is 4.20. The summed E-state index contributed by atoms with van der Waals surface area (Å²) < 4.78 is 0. The van der Waals surface area contributed by atoms with Gasteiger partial charge in [-0.25, -0.2) is 0 Å². The molecule has 0 aromatic heterocycles. The van der Waals surface area contributed by atoms with Crippen molar-refractivity contribution in [3.05, 3.63) is 64.7 Å². The van der Waals surface area contributed by atoms with E-state index in [1.807, 2.05) is 0 Å². The first-order chi connectivity index (χ1) is 10.8. The number of hydrogen-bond acceptors (Lipinski definition) is 2. The molecule has 2 aliphatic heterocycles. The second kappa shape index (κ2) is 5.44. The molecule has 0 amide bonds. The number of hydrogen-bond donors (Lipinski definition) is 0. The van der Waals surface area contributed by atoms with Gasteiger partial charge < -0.3 is 9.80 Å². The Morgan fingerprint density at radius 1 is 1.05 bits per heavy atom. The standard InChI is InChI=1S/C20H24N2/c1-3-22-12-11-17-19-14-21(2)13-18(15-7-5-4-6-8-15)16(19)9-10-20(17)22/h4-10,18H,3,11-14H2,1-2H3. The second-order valence-electron chi connectivity index (χ2n) is 6.62. The zero-order chi connectivity index (χ0) is 15.1. The maximum Gasteiger partial charge on any atom is 0.0402 e. The molecule has 0 saturated heterocycles. The fourth-order valence-electron chi connectivity index (χ4n) is 4.20. The smallest absolute Gasteiger partial charge is 0.0402 e. The molecule has 0 bridgehead atoms. The summed E-state index contributed by atoms with van der Waals surface area (Å²) in [5, 5.41) is 0. The Hall–Kier alpha value is -1.80. The molecule has 0 radical (unpaired) electrons. The molecule has 0 fully saturated rings. The molecule has 0 N–H and O–H groups in total. The van der Waals surface area contributed by atoms with E-state index in [4.69, 9.17) is 0 Å². The Kier molecular flexibility index (Phi) is 3.42. The Bertz CT molecular complexity index is 678. The van der Waals surface area contributed by atoms with Crippen molar-refractivity contribution in [2.75, 3.05) is 31.6 Å². The summed E-state index contributed by atoms with van der Waals surface area (Å²) in [4.78, 5) is 5.00. The maximum absolute atomic E-state index is 2.52. The monoisotopic (exact) mass is 292 g/mol. The van der Waals surface area contributed by atoms with E-state index < -0.39 is 0 Å². The van der Waals surface area contributed by atoms with E-state index in [1.165, 1.54) is 24.2 Å². The third-order valence-corrected chi connectivity index (χ3v) is 5.30. The van der Waals surface area contributed by atoms with Gasteiger partial charge in [-0.2, -0.15) is 0 Å².